The second kappa shape index (κ2) is 5.15. The van der Waals surface area contributed by atoms with Crippen LogP contribution in [0.1, 0.15) is 29.3 Å². The van der Waals surface area contributed by atoms with Crippen molar-refractivity contribution in [2.75, 3.05) is 0 Å². The van der Waals surface area contributed by atoms with E-state index < -0.39 is 0 Å². The van der Waals surface area contributed by atoms with E-state index in [0.717, 1.165) is 18.5 Å². The van der Waals surface area contributed by atoms with Crippen LogP contribution < -0.4 is 5.73 Å². The number of hydrogen-bond acceptors (Lipinski definition) is 2. The van der Waals surface area contributed by atoms with E-state index in [9.17, 15) is 0 Å². The lowest BCUT2D eigenvalue weighted by molar-refractivity contribution is 0.647. The molecule has 3 nitrogen and oxygen atoms in total. The fraction of sp³-hybridized carbons (Fsp3) is 0.357. The molecular formula is C14H19N3. The molecule has 0 spiro atoms. The monoisotopic (exact) mass is 229 g/mol. The molecule has 0 unspecified atom stereocenters. The van der Waals surface area contributed by atoms with Gasteiger partial charge >= 0.3 is 0 Å². The van der Waals surface area contributed by atoms with E-state index in [4.69, 9.17) is 5.73 Å². The normalized spacial score (nSPS) is 10.8. The van der Waals surface area contributed by atoms with Crippen LogP contribution in [0.2, 0.25) is 0 Å². The average Bonchev–Trinajstić information content (AvgIpc) is 2.71. The summed E-state index contributed by atoms with van der Waals surface area (Å²) in [7, 11) is 0. The van der Waals surface area contributed by atoms with Crippen LogP contribution in [0.3, 0.4) is 0 Å². The SMILES string of the molecule is CCc1c(CN)cnn1Cc1cccc(C)c1. The molecule has 0 saturated carbocycles. The minimum absolute atomic E-state index is 0.566. The van der Waals surface area contributed by atoms with Crippen molar-refractivity contribution in [3.05, 3.63) is 52.8 Å². The van der Waals surface area contributed by atoms with Gasteiger partial charge in [-0.2, -0.15) is 5.10 Å². The maximum atomic E-state index is 5.70. The van der Waals surface area contributed by atoms with Crippen LogP contribution in [0, 0.1) is 6.92 Å². The van der Waals surface area contributed by atoms with Gasteiger partial charge in [0, 0.05) is 17.8 Å². The van der Waals surface area contributed by atoms with Gasteiger partial charge in [0.25, 0.3) is 0 Å². The Kier molecular flexibility index (Phi) is 3.59. The van der Waals surface area contributed by atoms with Gasteiger partial charge in [-0.15, -0.1) is 0 Å². The van der Waals surface area contributed by atoms with E-state index >= 15 is 0 Å². The Morgan fingerprint density at radius 3 is 2.82 bits per heavy atom. The quantitative estimate of drug-likeness (QED) is 0.874. The molecule has 1 aromatic heterocycles. The molecule has 17 heavy (non-hydrogen) atoms. The maximum absolute atomic E-state index is 5.70. The van der Waals surface area contributed by atoms with E-state index in [1.807, 2.05) is 6.20 Å². The number of aryl methyl sites for hydroxylation is 1. The fourth-order valence-electron chi connectivity index (χ4n) is 2.15. The van der Waals surface area contributed by atoms with Gasteiger partial charge in [-0.05, 0) is 18.9 Å². The number of nitrogens with zero attached hydrogens (tertiary/aromatic N) is 2. The van der Waals surface area contributed by atoms with Gasteiger partial charge in [0.15, 0.2) is 0 Å². The number of nitrogens with two attached hydrogens (primary N) is 1. The van der Waals surface area contributed by atoms with Crippen LogP contribution in [0.25, 0.3) is 0 Å². The second-order valence-corrected chi connectivity index (χ2v) is 4.32. The lowest BCUT2D eigenvalue weighted by Crippen LogP contribution is -2.08. The van der Waals surface area contributed by atoms with Gasteiger partial charge in [0.1, 0.15) is 0 Å². The third-order valence-corrected chi connectivity index (χ3v) is 3.00. The van der Waals surface area contributed by atoms with Gasteiger partial charge in [0.05, 0.1) is 12.7 Å². The fourth-order valence-corrected chi connectivity index (χ4v) is 2.15. The van der Waals surface area contributed by atoms with Crippen molar-refractivity contribution in [2.45, 2.75) is 33.4 Å². The highest BCUT2D eigenvalue weighted by molar-refractivity contribution is 5.24. The molecule has 0 bridgehead atoms. The first-order valence-electron chi connectivity index (χ1n) is 6.03. The molecule has 3 heteroatoms. The first kappa shape index (κ1) is 11.9. The first-order chi connectivity index (χ1) is 8.24. The lowest BCUT2D eigenvalue weighted by Gasteiger charge is -2.08. The zero-order chi connectivity index (χ0) is 12.3. The summed E-state index contributed by atoms with van der Waals surface area (Å²) >= 11 is 0. The highest BCUT2D eigenvalue weighted by Gasteiger charge is 2.07. The maximum Gasteiger partial charge on any atom is 0.0662 e. The molecule has 90 valence electrons. The van der Waals surface area contributed by atoms with Crippen molar-refractivity contribution in [1.29, 1.82) is 0 Å². The van der Waals surface area contributed by atoms with Crippen LogP contribution in [0.5, 0.6) is 0 Å². The van der Waals surface area contributed by atoms with Crippen molar-refractivity contribution < 1.29 is 0 Å². The molecule has 0 radical (unpaired) electrons. The van der Waals surface area contributed by atoms with Crippen LogP contribution in [0.15, 0.2) is 30.5 Å². The molecule has 0 aliphatic carbocycles. The molecule has 0 amide bonds. The minimum atomic E-state index is 0.566. The summed E-state index contributed by atoms with van der Waals surface area (Å²) in [4.78, 5) is 0. The summed E-state index contributed by atoms with van der Waals surface area (Å²) in [6.07, 6.45) is 2.85. The summed E-state index contributed by atoms with van der Waals surface area (Å²) in [5, 5.41) is 4.42. The summed E-state index contributed by atoms with van der Waals surface area (Å²) in [5.41, 5.74) is 10.7. The van der Waals surface area contributed by atoms with Gasteiger partial charge in [-0.25, -0.2) is 0 Å². The summed E-state index contributed by atoms with van der Waals surface area (Å²) in [5.74, 6) is 0. The molecule has 2 N–H and O–H groups in total. The van der Waals surface area contributed by atoms with Gasteiger partial charge < -0.3 is 5.73 Å². The largest absolute Gasteiger partial charge is 0.326 e. The smallest absolute Gasteiger partial charge is 0.0662 e. The Labute approximate surface area is 102 Å². The summed E-state index contributed by atoms with van der Waals surface area (Å²) in [6, 6.07) is 8.53. The highest BCUT2D eigenvalue weighted by Crippen LogP contribution is 2.12. The van der Waals surface area contributed by atoms with Crippen LogP contribution >= 0.6 is 0 Å². The van der Waals surface area contributed by atoms with Crippen molar-refractivity contribution in [1.82, 2.24) is 9.78 Å². The second-order valence-electron chi connectivity index (χ2n) is 4.32. The Hall–Kier alpha value is -1.61. The van der Waals surface area contributed by atoms with E-state index in [2.05, 4.69) is 47.9 Å². The number of aromatic nitrogens is 2. The number of hydrogen-bond donors (Lipinski definition) is 1. The molecule has 0 saturated heterocycles. The Morgan fingerprint density at radius 2 is 2.18 bits per heavy atom. The van der Waals surface area contributed by atoms with Crippen molar-refractivity contribution in [2.24, 2.45) is 5.73 Å². The van der Waals surface area contributed by atoms with Crippen LogP contribution in [0.4, 0.5) is 0 Å². The Bertz CT molecular complexity index is 500. The van der Waals surface area contributed by atoms with E-state index in [-0.39, 0.29) is 0 Å². The van der Waals surface area contributed by atoms with Crippen LogP contribution in [-0.2, 0) is 19.5 Å². The average molecular weight is 229 g/mol. The van der Waals surface area contributed by atoms with E-state index in [0.29, 0.717) is 6.54 Å². The van der Waals surface area contributed by atoms with Gasteiger partial charge in [-0.1, -0.05) is 36.8 Å². The molecule has 2 rings (SSSR count). The highest BCUT2D eigenvalue weighted by atomic mass is 15.3. The van der Waals surface area contributed by atoms with Gasteiger partial charge in [0.2, 0.25) is 0 Å². The lowest BCUT2D eigenvalue weighted by atomic mass is 10.1. The van der Waals surface area contributed by atoms with Gasteiger partial charge in [-0.3, -0.25) is 4.68 Å². The van der Waals surface area contributed by atoms with Crippen molar-refractivity contribution in [3.63, 3.8) is 0 Å². The first-order valence-corrected chi connectivity index (χ1v) is 6.03. The minimum Gasteiger partial charge on any atom is -0.326 e. The van der Waals surface area contributed by atoms with E-state index in [1.165, 1.54) is 16.8 Å². The van der Waals surface area contributed by atoms with E-state index in [1.54, 1.807) is 0 Å². The van der Waals surface area contributed by atoms with Crippen molar-refractivity contribution in [3.8, 4) is 0 Å². The van der Waals surface area contributed by atoms with Crippen LogP contribution in [-0.4, -0.2) is 9.78 Å². The molecule has 0 aliphatic rings. The molecule has 0 fully saturated rings. The van der Waals surface area contributed by atoms with Crippen molar-refractivity contribution >= 4 is 0 Å². The third kappa shape index (κ3) is 2.56. The molecule has 2 aromatic rings. The molecular weight excluding hydrogens is 210 g/mol. The zero-order valence-corrected chi connectivity index (χ0v) is 10.5. The standard InChI is InChI=1S/C14H19N3/c1-3-14-13(8-15)9-16-17(14)10-12-6-4-5-11(2)7-12/h4-7,9H,3,8,10,15H2,1-2H3. The number of benzene rings is 1. The predicted molar refractivity (Wildman–Crippen MR) is 69.8 cm³/mol. The molecule has 0 atom stereocenters. The number of rotatable bonds is 4. The topological polar surface area (TPSA) is 43.8 Å². The summed E-state index contributed by atoms with van der Waals surface area (Å²) < 4.78 is 2.05. The summed E-state index contributed by atoms with van der Waals surface area (Å²) in [6.45, 7) is 5.64. The Morgan fingerprint density at radius 1 is 1.35 bits per heavy atom. The Balaban J connectivity index is 2.27. The third-order valence-electron chi connectivity index (χ3n) is 3.00. The molecule has 1 heterocycles. The predicted octanol–water partition coefficient (Wildman–Crippen LogP) is 2.26. The molecule has 0 aliphatic heterocycles. The zero-order valence-electron chi connectivity index (χ0n) is 10.5. The molecule has 1 aromatic carbocycles.